The fourth-order valence-electron chi connectivity index (χ4n) is 1.80. The summed E-state index contributed by atoms with van der Waals surface area (Å²) in [7, 11) is 0. The molecule has 0 saturated heterocycles. The molecule has 100 valence electrons. The second-order valence-corrected chi connectivity index (χ2v) is 6.27. The Balaban J connectivity index is 2.12. The Morgan fingerprint density at radius 2 is 2.00 bits per heavy atom. The highest BCUT2D eigenvalue weighted by molar-refractivity contribution is 9.10. The maximum atomic E-state index is 4.42. The van der Waals surface area contributed by atoms with E-state index in [1.165, 1.54) is 10.5 Å². The third kappa shape index (κ3) is 4.34. The first-order chi connectivity index (χ1) is 9.19. The van der Waals surface area contributed by atoms with Gasteiger partial charge in [0.2, 0.25) is 0 Å². The smallest absolute Gasteiger partial charge is 0.101 e. The van der Waals surface area contributed by atoms with Crippen molar-refractivity contribution in [2.45, 2.75) is 29.8 Å². The van der Waals surface area contributed by atoms with Crippen LogP contribution in [0.15, 0.2) is 57.0 Å². The lowest BCUT2D eigenvalue weighted by Crippen LogP contribution is -2.17. The average molecular weight is 337 g/mol. The molecule has 2 nitrogen and oxygen atoms in total. The van der Waals surface area contributed by atoms with Crippen molar-refractivity contribution in [3.8, 4) is 0 Å². The van der Waals surface area contributed by atoms with E-state index in [1.807, 2.05) is 18.3 Å². The van der Waals surface area contributed by atoms with E-state index in [1.54, 1.807) is 11.8 Å². The molecule has 2 aromatic rings. The van der Waals surface area contributed by atoms with Crippen LogP contribution in [0.2, 0.25) is 0 Å². The Bertz CT molecular complexity index is 528. The van der Waals surface area contributed by atoms with Gasteiger partial charge in [-0.05, 0) is 55.4 Å². The summed E-state index contributed by atoms with van der Waals surface area (Å²) >= 11 is 5.13. The topological polar surface area (TPSA) is 24.9 Å². The van der Waals surface area contributed by atoms with Gasteiger partial charge in [0.05, 0.1) is 0 Å². The second-order valence-electron chi connectivity index (χ2n) is 4.26. The molecule has 0 aliphatic rings. The van der Waals surface area contributed by atoms with Gasteiger partial charge in [-0.1, -0.05) is 34.6 Å². The molecule has 0 fully saturated rings. The number of nitrogens with one attached hydrogen (secondary N) is 1. The zero-order valence-electron chi connectivity index (χ0n) is 11.1. The lowest BCUT2D eigenvalue weighted by atomic mass is 10.1. The summed E-state index contributed by atoms with van der Waals surface area (Å²) in [6.07, 6.45) is 1.88. The van der Waals surface area contributed by atoms with Gasteiger partial charge in [0.15, 0.2) is 0 Å². The summed E-state index contributed by atoms with van der Waals surface area (Å²) in [5, 5.41) is 4.45. The maximum Gasteiger partial charge on any atom is 0.101 e. The number of halogens is 1. The van der Waals surface area contributed by atoms with Crippen molar-refractivity contribution in [2.75, 3.05) is 6.54 Å². The van der Waals surface area contributed by atoms with Crippen molar-refractivity contribution < 1.29 is 0 Å². The average Bonchev–Trinajstić information content (AvgIpc) is 2.42. The molecule has 1 aromatic heterocycles. The highest BCUT2D eigenvalue weighted by Crippen LogP contribution is 2.28. The van der Waals surface area contributed by atoms with E-state index in [2.05, 4.69) is 64.3 Å². The summed E-state index contributed by atoms with van der Waals surface area (Å²) in [6, 6.07) is 12.9. The number of nitrogens with zero attached hydrogens (tertiary/aromatic N) is 1. The second kappa shape index (κ2) is 7.08. The zero-order chi connectivity index (χ0) is 13.7. The van der Waals surface area contributed by atoms with Crippen molar-refractivity contribution in [1.29, 1.82) is 0 Å². The third-order valence-electron chi connectivity index (χ3n) is 2.81. The normalized spacial score (nSPS) is 12.4. The Morgan fingerprint density at radius 3 is 2.68 bits per heavy atom. The first-order valence-electron chi connectivity index (χ1n) is 6.32. The Labute approximate surface area is 127 Å². The van der Waals surface area contributed by atoms with Gasteiger partial charge >= 0.3 is 0 Å². The summed E-state index contributed by atoms with van der Waals surface area (Å²) in [5.74, 6) is 0. The third-order valence-corrected chi connectivity index (χ3v) is 4.27. The predicted molar refractivity (Wildman–Crippen MR) is 84.6 cm³/mol. The van der Waals surface area contributed by atoms with Crippen LogP contribution in [0.25, 0.3) is 0 Å². The minimum absolute atomic E-state index is 0.359. The molecular weight excluding hydrogens is 320 g/mol. The lowest BCUT2D eigenvalue weighted by molar-refractivity contribution is 0.596. The van der Waals surface area contributed by atoms with Crippen molar-refractivity contribution in [1.82, 2.24) is 10.3 Å². The number of pyridine rings is 1. The molecule has 0 bridgehead atoms. The van der Waals surface area contributed by atoms with E-state index >= 15 is 0 Å². The van der Waals surface area contributed by atoms with Crippen LogP contribution < -0.4 is 5.32 Å². The van der Waals surface area contributed by atoms with Crippen LogP contribution in [0.1, 0.15) is 25.5 Å². The number of hydrogen-bond donors (Lipinski definition) is 1. The Kier molecular flexibility index (Phi) is 5.43. The molecule has 0 saturated carbocycles. The first kappa shape index (κ1) is 14.6. The number of hydrogen-bond acceptors (Lipinski definition) is 3. The molecule has 4 heteroatoms. The quantitative estimate of drug-likeness (QED) is 0.858. The molecule has 0 amide bonds. The largest absolute Gasteiger partial charge is 0.310 e. The van der Waals surface area contributed by atoms with Gasteiger partial charge in [-0.3, -0.25) is 0 Å². The van der Waals surface area contributed by atoms with Crippen molar-refractivity contribution in [3.63, 3.8) is 0 Å². The Hall–Kier alpha value is -0.840. The van der Waals surface area contributed by atoms with E-state index in [9.17, 15) is 0 Å². The highest BCUT2D eigenvalue weighted by atomic mass is 79.9. The van der Waals surface area contributed by atoms with E-state index in [0.717, 1.165) is 16.0 Å². The summed E-state index contributed by atoms with van der Waals surface area (Å²) in [6.45, 7) is 5.26. The number of aromatic nitrogens is 1. The molecule has 1 unspecified atom stereocenters. The Morgan fingerprint density at radius 1 is 1.26 bits per heavy atom. The monoisotopic (exact) mass is 336 g/mol. The highest BCUT2D eigenvalue weighted by Gasteiger charge is 2.06. The van der Waals surface area contributed by atoms with Gasteiger partial charge in [0, 0.05) is 21.6 Å². The molecule has 2 rings (SSSR count). The molecule has 0 spiro atoms. The van der Waals surface area contributed by atoms with Crippen LogP contribution >= 0.6 is 27.7 Å². The van der Waals surface area contributed by atoms with Gasteiger partial charge in [-0.2, -0.15) is 0 Å². The number of rotatable bonds is 5. The molecule has 0 radical (unpaired) electrons. The van der Waals surface area contributed by atoms with Crippen LogP contribution in [0.4, 0.5) is 0 Å². The van der Waals surface area contributed by atoms with Crippen molar-refractivity contribution in [2.24, 2.45) is 0 Å². The number of benzene rings is 1. The van der Waals surface area contributed by atoms with Crippen LogP contribution in [-0.4, -0.2) is 11.5 Å². The van der Waals surface area contributed by atoms with E-state index in [0.29, 0.717) is 6.04 Å². The molecule has 19 heavy (non-hydrogen) atoms. The molecule has 1 heterocycles. The van der Waals surface area contributed by atoms with Crippen LogP contribution in [-0.2, 0) is 0 Å². The maximum absolute atomic E-state index is 4.42. The van der Waals surface area contributed by atoms with Gasteiger partial charge in [0.25, 0.3) is 0 Å². The first-order valence-corrected chi connectivity index (χ1v) is 7.92. The SMILES string of the molecule is CCNC(C)c1ccnc(Sc2ccc(Br)cc2)c1. The van der Waals surface area contributed by atoms with Crippen molar-refractivity contribution in [3.05, 3.63) is 52.6 Å². The molecular formula is C15H17BrN2S. The summed E-state index contributed by atoms with van der Waals surface area (Å²) in [5.41, 5.74) is 1.27. The molecule has 0 aliphatic carbocycles. The summed E-state index contributed by atoms with van der Waals surface area (Å²) < 4.78 is 1.10. The zero-order valence-corrected chi connectivity index (χ0v) is 13.5. The van der Waals surface area contributed by atoms with Crippen LogP contribution in [0.5, 0.6) is 0 Å². The van der Waals surface area contributed by atoms with Gasteiger partial charge in [-0.25, -0.2) is 4.98 Å². The van der Waals surface area contributed by atoms with E-state index in [4.69, 9.17) is 0 Å². The standard InChI is InChI=1S/C15H17BrN2S/c1-3-17-11(2)12-8-9-18-15(10-12)19-14-6-4-13(16)5-7-14/h4-11,17H,3H2,1-2H3. The van der Waals surface area contributed by atoms with E-state index < -0.39 is 0 Å². The van der Waals surface area contributed by atoms with E-state index in [-0.39, 0.29) is 0 Å². The molecule has 0 aliphatic heterocycles. The summed E-state index contributed by atoms with van der Waals surface area (Å²) in [4.78, 5) is 5.62. The van der Waals surface area contributed by atoms with Gasteiger partial charge in [-0.15, -0.1) is 0 Å². The predicted octanol–water partition coefficient (Wildman–Crippen LogP) is 4.67. The molecule has 1 aromatic carbocycles. The van der Waals surface area contributed by atoms with Gasteiger partial charge < -0.3 is 5.32 Å². The van der Waals surface area contributed by atoms with Crippen molar-refractivity contribution >= 4 is 27.7 Å². The molecule has 1 N–H and O–H groups in total. The fraction of sp³-hybridized carbons (Fsp3) is 0.267. The van der Waals surface area contributed by atoms with Crippen LogP contribution in [0.3, 0.4) is 0 Å². The van der Waals surface area contributed by atoms with Crippen LogP contribution in [0, 0.1) is 0 Å². The minimum atomic E-state index is 0.359. The molecule has 1 atom stereocenters. The minimum Gasteiger partial charge on any atom is -0.310 e. The fourth-order valence-corrected chi connectivity index (χ4v) is 2.88. The van der Waals surface area contributed by atoms with Gasteiger partial charge in [0.1, 0.15) is 5.03 Å². The lowest BCUT2D eigenvalue weighted by Gasteiger charge is -2.13.